The topological polar surface area (TPSA) is 57.2 Å². The SMILES string of the molecule is CC1(C)c2ccc(Oc3[c-]c4c(cc3)c3ncccc3n3c(-c5ccccc5)c(-c5ccccc5)nc43)[c-]c2-n2c3ncccc3c3cccc1c32.[Pd+2]. The molecule has 0 N–H and O–H groups in total. The molecule has 6 heterocycles. The maximum Gasteiger partial charge on any atom is 2.00 e. The number of pyridine rings is 3. The number of imidazole rings is 1. The average molecular weight is 774 g/mol. The Kier molecular flexibility index (Phi) is 6.97. The van der Waals surface area contributed by atoms with E-state index in [2.05, 4.69) is 126 Å². The minimum atomic E-state index is -0.240. The van der Waals surface area contributed by atoms with Crippen molar-refractivity contribution in [3.05, 3.63) is 163 Å². The summed E-state index contributed by atoms with van der Waals surface area (Å²) >= 11 is 0. The maximum absolute atomic E-state index is 6.66. The molecule has 254 valence electrons. The van der Waals surface area contributed by atoms with Gasteiger partial charge in [-0.25, -0.2) is 4.98 Å². The standard InChI is InChI=1S/C46H29N5O.Pd/c1-46(2)36-23-21-31(27-39(36)51-43-33(16-9-18-37(43)46)34-17-10-25-48-44(34)51)52-30-20-22-32-35(26-30)45-49-40(28-12-5-3-6-13-28)42(29-14-7-4-8-15-29)50(45)38-19-11-24-47-41(32)38;/h3-25H,1-2H3;/q-2;+2. The molecule has 1 aliphatic heterocycles. The summed E-state index contributed by atoms with van der Waals surface area (Å²) in [6, 6.07) is 51.1. The number of fused-ring (bicyclic) bond motifs is 11. The monoisotopic (exact) mass is 773 g/mol. The van der Waals surface area contributed by atoms with E-state index >= 15 is 0 Å². The Bertz CT molecular complexity index is 3070. The van der Waals surface area contributed by atoms with E-state index in [0.29, 0.717) is 11.5 Å². The Morgan fingerprint density at radius 2 is 1.32 bits per heavy atom. The van der Waals surface area contributed by atoms with Crippen molar-refractivity contribution in [1.82, 2.24) is 23.9 Å². The van der Waals surface area contributed by atoms with Crippen molar-refractivity contribution in [2.75, 3.05) is 0 Å². The number of aromatic nitrogens is 5. The first kappa shape index (κ1) is 31.6. The Labute approximate surface area is 319 Å². The average Bonchev–Trinajstić information content (AvgIpc) is 3.76. The number of nitrogens with zero attached hydrogens (tertiary/aromatic N) is 5. The minimum Gasteiger partial charge on any atom is -0.503 e. The molecular formula is C46H29N5OPd. The number of hydrogen-bond donors (Lipinski definition) is 0. The van der Waals surface area contributed by atoms with Crippen LogP contribution in [0.15, 0.2) is 140 Å². The van der Waals surface area contributed by atoms with Crippen LogP contribution in [0.5, 0.6) is 11.5 Å². The third-order valence-corrected chi connectivity index (χ3v) is 10.6. The second kappa shape index (κ2) is 11.7. The first-order chi connectivity index (χ1) is 25.6. The molecule has 0 spiro atoms. The second-order valence-electron chi connectivity index (χ2n) is 13.9. The summed E-state index contributed by atoms with van der Waals surface area (Å²) in [6.45, 7) is 4.56. The van der Waals surface area contributed by atoms with Crippen molar-refractivity contribution in [2.24, 2.45) is 0 Å². The van der Waals surface area contributed by atoms with E-state index in [1.807, 2.05) is 48.8 Å². The number of rotatable bonds is 4. The van der Waals surface area contributed by atoms with Gasteiger partial charge in [-0.15, -0.1) is 23.8 Å². The fraction of sp³-hybridized carbons (Fsp3) is 0.0652. The first-order valence-electron chi connectivity index (χ1n) is 17.5. The summed E-state index contributed by atoms with van der Waals surface area (Å²) in [5.41, 5.74) is 11.9. The maximum atomic E-state index is 6.66. The normalized spacial score (nSPS) is 13.1. The number of ether oxygens (including phenoxy) is 1. The van der Waals surface area contributed by atoms with Crippen LogP contribution in [0.1, 0.15) is 25.0 Å². The van der Waals surface area contributed by atoms with Crippen LogP contribution in [0.3, 0.4) is 0 Å². The van der Waals surface area contributed by atoms with Gasteiger partial charge in [0.1, 0.15) is 5.65 Å². The van der Waals surface area contributed by atoms with E-state index in [1.54, 1.807) is 0 Å². The largest absolute Gasteiger partial charge is 2.00 e. The molecular weight excluding hydrogens is 745 g/mol. The Hall–Kier alpha value is -6.13. The predicted molar refractivity (Wildman–Crippen MR) is 207 cm³/mol. The van der Waals surface area contributed by atoms with Crippen molar-refractivity contribution in [1.29, 1.82) is 0 Å². The summed E-state index contributed by atoms with van der Waals surface area (Å²) in [4.78, 5) is 15.1. The molecule has 5 aromatic heterocycles. The zero-order valence-electron chi connectivity index (χ0n) is 28.7. The third kappa shape index (κ3) is 4.51. The van der Waals surface area contributed by atoms with Crippen LogP contribution in [0.4, 0.5) is 0 Å². The summed E-state index contributed by atoms with van der Waals surface area (Å²) < 4.78 is 11.1. The van der Waals surface area contributed by atoms with E-state index in [4.69, 9.17) is 19.7 Å². The van der Waals surface area contributed by atoms with Gasteiger partial charge in [-0.2, -0.15) is 6.07 Å². The molecule has 0 bridgehead atoms. The van der Waals surface area contributed by atoms with Crippen LogP contribution < -0.4 is 4.74 Å². The molecule has 0 atom stereocenters. The molecule has 11 rings (SSSR count). The Balaban J connectivity index is 0.00000349. The van der Waals surface area contributed by atoms with Crippen molar-refractivity contribution >= 4 is 49.4 Å². The van der Waals surface area contributed by atoms with Gasteiger partial charge in [0.2, 0.25) is 0 Å². The van der Waals surface area contributed by atoms with Gasteiger partial charge in [-0.1, -0.05) is 121 Å². The quantitative estimate of drug-likeness (QED) is 0.102. The zero-order valence-corrected chi connectivity index (χ0v) is 30.3. The molecule has 6 nitrogen and oxygen atoms in total. The molecule has 0 unspecified atom stereocenters. The van der Waals surface area contributed by atoms with Crippen molar-refractivity contribution in [3.63, 3.8) is 0 Å². The van der Waals surface area contributed by atoms with Crippen LogP contribution in [-0.4, -0.2) is 23.9 Å². The molecule has 0 aliphatic carbocycles. The molecule has 0 radical (unpaired) electrons. The molecule has 10 aromatic rings. The fourth-order valence-corrected chi connectivity index (χ4v) is 8.26. The van der Waals surface area contributed by atoms with Gasteiger partial charge in [0, 0.05) is 40.2 Å². The molecule has 5 aromatic carbocycles. The zero-order chi connectivity index (χ0) is 34.6. The fourth-order valence-electron chi connectivity index (χ4n) is 8.26. The number of para-hydroxylation sites is 1. The summed E-state index contributed by atoms with van der Waals surface area (Å²) in [6.07, 6.45) is 3.70. The van der Waals surface area contributed by atoms with Crippen LogP contribution >= 0.6 is 0 Å². The first-order valence-corrected chi connectivity index (χ1v) is 17.5. The smallest absolute Gasteiger partial charge is 0.503 e. The van der Waals surface area contributed by atoms with E-state index in [0.717, 1.165) is 66.7 Å². The van der Waals surface area contributed by atoms with Gasteiger partial charge in [0.25, 0.3) is 0 Å². The van der Waals surface area contributed by atoms with Gasteiger partial charge in [0.05, 0.1) is 33.6 Å². The van der Waals surface area contributed by atoms with E-state index < -0.39 is 0 Å². The molecule has 0 fully saturated rings. The summed E-state index contributed by atoms with van der Waals surface area (Å²) in [5, 5.41) is 4.11. The van der Waals surface area contributed by atoms with Crippen molar-refractivity contribution < 1.29 is 25.2 Å². The van der Waals surface area contributed by atoms with Gasteiger partial charge in [-0.3, -0.25) is 9.97 Å². The van der Waals surface area contributed by atoms with Crippen LogP contribution in [0.25, 0.3) is 77.6 Å². The molecule has 53 heavy (non-hydrogen) atoms. The molecule has 7 heteroatoms. The van der Waals surface area contributed by atoms with Crippen molar-refractivity contribution in [2.45, 2.75) is 19.3 Å². The second-order valence-corrected chi connectivity index (χ2v) is 13.9. The van der Waals surface area contributed by atoms with E-state index in [-0.39, 0.29) is 25.8 Å². The number of benzene rings is 5. The molecule has 1 aliphatic rings. The Morgan fingerprint density at radius 3 is 2.15 bits per heavy atom. The van der Waals surface area contributed by atoms with Crippen LogP contribution in [0.2, 0.25) is 0 Å². The van der Waals surface area contributed by atoms with Gasteiger partial charge >= 0.3 is 20.4 Å². The minimum absolute atomic E-state index is 0. The predicted octanol–water partition coefficient (Wildman–Crippen LogP) is 10.9. The van der Waals surface area contributed by atoms with E-state index in [1.165, 1.54) is 22.0 Å². The van der Waals surface area contributed by atoms with Gasteiger partial charge in [-0.05, 0) is 40.8 Å². The summed E-state index contributed by atoms with van der Waals surface area (Å²) in [5.74, 6) is 1.17. The van der Waals surface area contributed by atoms with Gasteiger partial charge < -0.3 is 13.7 Å². The van der Waals surface area contributed by atoms with Crippen LogP contribution in [-0.2, 0) is 25.8 Å². The van der Waals surface area contributed by atoms with Crippen molar-refractivity contribution in [3.8, 4) is 39.7 Å². The molecule has 0 saturated heterocycles. The Morgan fingerprint density at radius 1 is 0.604 bits per heavy atom. The van der Waals surface area contributed by atoms with Crippen LogP contribution in [0, 0.1) is 12.1 Å². The summed E-state index contributed by atoms with van der Waals surface area (Å²) in [7, 11) is 0. The van der Waals surface area contributed by atoms with E-state index in [9.17, 15) is 0 Å². The third-order valence-electron chi connectivity index (χ3n) is 10.6. The van der Waals surface area contributed by atoms with Gasteiger partial charge in [0.15, 0.2) is 0 Å². The number of hydrogen-bond acceptors (Lipinski definition) is 4. The molecule has 0 amide bonds. The molecule has 0 saturated carbocycles.